The number of anilines is 1. The van der Waals surface area contributed by atoms with E-state index in [-0.39, 0.29) is 18.3 Å². The van der Waals surface area contributed by atoms with Crippen LogP contribution in [0.15, 0.2) is 34.9 Å². The number of hydrogen-bond donors (Lipinski definition) is 2. The molecule has 2 N–H and O–H groups in total. The van der Waals surface area contributed by atoms with Gasteiger partial charge in [-0.1, -0.05) is 18.8 Å². The zero-order valence-corrected chi connectivity index (χ0v) is 11.0. The zero-order valence-electron chi connectivity index (χ0n) is 11.0. The minimum atomic E-state index is -0.357. The van der Waals surface area contributed by atoms with Crippen LogP contribution in [0.25, 0.3) is 0 Å². The molecular weight excluding hydrogens is 256 g/mol. The van der Waals surface area contributed by atoms with Crippen LogP contribution in [-0.2, 0) is 6.42 Å². The summed E-state index contributed by atoms with van der Waals surface area (Å²) < 4.78 is 5.36. The molecule has 0 radical (unpaired) electrons. The third-order valence-electron chi connectivity index (χ3n) is 2.55. The van der Waals surface area contributed by atoms with E-state index >= 15 is 0 Å². The van der Waals surface area contributed by atoms with Gasteiger partial charge < -0.3 is 14.8 Å². The van der Waals surface area contributed by atoms with Gasteiger partial charge in [-0.2, -0.15) is 0 Å². The molecular formula is C15H14N2O3. The Labute approximate surface area is 116 Å². The number of aromatic nitrogens is 1. The van der Waals surface area contributed by atoms with E-state index in [4.69, 9.17) is 9.52 Å². The van der Waals surface area contributed by atoms with E-state index in [0.29, 0.717) is 11.4 Å². The van der Waals surface area contributed by atoms with E-state index in [9.17, 15) is 4.79 Å². The summed E-state index contributed by atoms with van der Waals surface area (Å²) >= 11 is 0. The highest BCUT2D eigenvalue weighted by Crippen LogP contribution is 2.12. The van der Waals surface area contributed by atoms with E-state index in [2.05, 4.69) is 22.1 Å². The first-order valence-corrected chi connectivity index (χ1v) is 6.18. The average Bonchev–Trinajstić information content (AvgIpc) is 2.94. The number of carbonyl (C=O) groups excluding carboxylic acids is 1. The van der Waals surface area contributed by atoms with Crippen LogP contribution in [0.1, 0.15) is 28.8 Å². The number of pyridine rings is 1. The highest BCUT2D eigenvalue weighted by molar-refractivity contribution is 6.01. The van der Waals surface area contributed by atoms with Crippen LogP contribution < -0.4 is 5.32 Å². The summed E-state index contributed by atoms with van der Waals surface area (Å²) in [4.78, 5) is 16.0. The Balaban J connectivity index is 2.11. The fourth-order valence-electron chi connectivity index (χ4n) is 1.59. The first kappa shape index (κ1) is 13.8. The Bertz CT molecular complexity index is 665. The smallest absolute Gasteiger partial charge is 0.292 e. The molecule has 102 valence electrons. The van der Waals surface area contributed by atoms with Crippen molar-refractivity contribution < 1.29 is 14.3 Å². The SMILES string of the molecule is CCc1ccc(C(=O)Nc2cc(C#CCO)ccn2)o1. The normalized spacial score (nSPS) is 9.70. The van der Waals surface area contributed by atoms with Crippen LogP contribution in [-0.4, -0.2) is 22.6 Å². The Kier molecular flexibility index (Phi) is 4.53. The monoisotopic (exact) mass is 270 g/mol. The molecule has 0 aliphatic carbocycles. The standard InChI is InChI=1S/C15H14N2O3/c1-2-12-5-6-13(20-12)15(19)17-14-10-11(4-3-9-18)7-8-16-14/h5-8,10,18H,2,9H2,1H3,(H,16,17,19). The summed E-state index contributed by atoms with van der Waals surface area (Å²) in [6.45, 7) is 1.74. The molecule has 0 atom stereocenters. The van der Waals surface area contributed by atoms with Crippen molar-refractivity contribution in [3.63, 3.8) is 0 Å². The van der Waals surface area contributed by atoms with Crippen LogP contribution in [0.4, 0.5) is 5.82 Å². The molecule has 2 rings (SSSR count). The fourth-order valence-corrected chi connectivity index (χ4v) is 1.59. The molecule has 0 aliphatic rings. The maximum atomic E-state index is 11.9. The van der Waals surface area contributed by atoms with E-state index in [1.807, 2.05) is 6.92 Å². The van der Waals surface area contributed by atoms with Crippen LogP contribution in [0.3, 0.4) is 0 Å². The van der Waals surface area contributed by atoms with Crippen LogP contribution >= 0.6 is 0 Å². The van der Waals surface area contributed by atoms with Crippen molar-refractivity contribution in [2.45, 2.75) is 13.3 Å². The zero-order chi connectivity index (χ0) is 14.4. The molecule has 20 heavy (non-hydrogen) atoms. The number of aryl methyl sites for hydroxylation is 1. The number of aliphatic hydroxyl groups is 1. The summed E-state index contributed by atoms with van der Waals surface area (Å²) in [5.41, 5.74) is 0.665. The quantitative estimate of drug-likeness (QED) is 0.834. The second kappa shape index (κ2) is 6.55. The third kappa shape index (κ3) is 3.46. The van der Waals surface area contributed by atoms with Gasteiger partial charge in [0.2, 0.25) is 0 Å². The van der Waals surface area contributed by atoms with Gasteiger partial charge in [-0.05, 0) is 24.3 Å². The predicted molar refractivity (Wildman–Crippen MR) is 74.2 cm³/mol. The lowest BCUT2D eigenvalue weighted by Crippen LogP contribution is -2.12. The Morgan fingerprint density at radius 1 is 1.45 bits per heavy atom. The molecule has 2 heterocycles. The van der Waals surface area contributed by atoms with Crippen molar-refractivity contribution in [1.29, 1.82) is 0 Å². The number of hydrogen-bond acceptors (Lipinski definition) is 4. The minimum absolute atomic E-state index is 0.212. The number of nitrogens with one attached hydrogen (secondary N) is 1. The van der Waals surface area contributed by atoms with E-state index in [0.717, 1.165) is 12.2 Å². The van der Waals surface area contributed by atoms with Gasteiger partial charge in [0.1, 0.15) is 18.2 Å². The summed E-state index contributed by atoms with van der Waals surface area (Å²) in [7, 11) is 0. The highest BCUT2D eigenvalue weighted by atomic mass is 16.3. The van der Waals surface area contributed by atoms with Gasteiger partial charge in [-0.3, -0.25) is 4.79 Å². The lowest BCUT2D eigenvalue weighted by atomic mass is 10.2. The number of rotatable bonds is 3. The van der Waals surface area contributed by atoms with Gasteiger partial charge in [0.25, 0.3) is 5.91 Å². The summed E-state index contributed by atoms with van der Waals surface area (Å²) in [6, 6.07) is 6.72. The number of aliphatic hydroxyl groups excluding tert-OH is 1. The molecule has 0 aliphatic heterocycles. The topological polar surface area (TPSA) is 75.4 Å². The van der Waals surface area contributed by atoms with Crippen molar-refractivity contribution in [3.05, 3.63) is 47.5 Å². The van der Waals surface area contributed by atoms with Crippen molar-refractivity contribution in [1.82, 2.24) is 4.98 Å². The number of furan rings is 1. The first-order chi connectivity index (χ1) is 9.72. The van der Waals surface area contributed by atoms with Crippen molar-refractivity contribution in [3.8, 4) is 11.8 Å². The molecule has 0 fully saturated rings. The van der Waals surface area contributed by atoms with Gasteiger partial charge in [0, 0.05) is 18.2 Å². The fraction of sp³-hybridized carbons (Fsp3) is 0.200. The molecule has 0 aromatic carbocycles. The van der Waals surface area contributed by atoms with Crippen LogP contribution in [0.5, 0.6) is 0 Å². The Morgan fingerprint density at radius 2 is 2.30 bits per heavy atom. The summed E-state index contributed by atoms with van der Waals surface area (Å²) in [6.07, 6.45) is 2.27. The minimum Gasteiger partial charge on any atom is -0.456 e. The number of nitrogens with zero attached hydrogens (tertiary/aromatic N) is 1. The van der Waals surface area contributed by atoms with Gasteiger partial charge >= 0.3 is 0 Å². The molecule has 1 amide bonds. The van der Waals surface area contributed by atoms with E-state index < -0.39 is 0 Å². The lowest BCUT2D eigenvalue weighted by molar-refractivity contribution is 0.0994. The molecule has 0 saturated heterocycles. The maximum Gasteiger partial charge on any atom is 0.292 e. The van der Waals surface area contributed by atoms with Gasteiger partial charge in [-0.25, -0.2) is 4.98 Å². The second-order valence-corrected chi connectivity index (χ2v) is 3.96. The third-order valence-corrected chi connectivity index (χ3v) is 2.55. The van der Waals surface area contributed by atoms with E-state index in [1.165, 1.54) is 6.20 Å². The molecule has 2 aromatic rings. The van der Waals surface area contributed by atoms with Crippen LogP contribution in [0.2, 0.25) is 0 Å². The largest absolute Gasteiger partial charge is 0.456 e. The maximum absolute atomic E-state index is 11.9. The Morgan fingerprint density at radius 3 is 3.00 bits per heavy atom. The Hall–Kier alpha value is -2.58. The molecule has 0 unspecified atom stereocenters. The second-order valence-electron chi connectivity index (χ2n) is 3.96. The lowest BCUT2D eigenvalue weighted by Gasteiger charge is -2.02. The summed E-state index contributed by atoms with van der Waals surface area (Å²) in [5.74, 6) is 6.31. The molecule has 0 spiro atoms. The highest BCUT2D eigenvalue weighted by Gasteiger charge is 2.11. The molecule has 2 aromatic heterocycles. The van der Waals surface area contributed by atoms with Crippen molar-refractivity contribution in [2.75, 3.05) is 11.9 Å². The van der Waals surface area contributed by atoms with Crippen molar-refractivity contribution >= 4 is 11.7 Å². The number of amides is 1. The molecule has 5 nitrogen and oxygen atoms in total. The van der Waals surface area contributed by atoms with Crippen LogP contribution in [0, 0.1) is 11.8 Å². The molecule has 0 bridgehead atoms. The number of carbonyl (C=O) groups is 1. The first-order valence-electron chi connectivity index (χ1n) is 6.18. The van der Waals surface area contributed by atoms with Gasteiger partial charge in [0.05, 0.1) is 0 Å². The predicted octanol–water partition coefficient (Wildman–Crippen LogP) is 1.83. The molecule has 0 saturated carbocycles. The summed E-state index contributed by atoms with van der Waals surface area (Å²) in [5, 5.41) is 11.3. The van der Waals surface area contributed by atoms with Crippen molar-refractivity contribution in [2.24, 2.45) is 0 Å². The van der Waals surface area contributed by atoms with E-state index in [1.54, 1.807) is 24.3 Å². The van der Waals surface area contributed by atoms with Gasteiger partial charge in [-0.15, -0.1) is 0 Å². The van der Waals surface area contributed by atoms with Gasteiger partial charge in [0.15, 0.2) is 5.76 Å². The average molecular weight is 270 g/mol. The molecule has 5 heteroatoms.